The van der Waals surface area contributed by atoms with Gasteiger partial charge >= 0.3 is 0 Å². The molecule has 0 unspecified atom stereocenters. The molecule has 0 radical (unpaired) electrons. The molecule has 10 aromatic rings. The molecule has 0 bridgehead atoms. The molecule has 0 atom stereocenters. The SMILES string of the molecule is CC1(C)c2ccccc2-c2c1cc1c3c4c(ncc3n3c5cnc6oc7ccccc7c6c5c2c13)oc1ccccc14. The normalized spacial score (nSPS) is 14.6. The van der Waals surface area contributed by atoms with Crippen molar-refractivity contribution in [2.45, 2.75) is 19.3 Å². The van der Waals surface area contributed by atoms with Crippen molar-refractivity contribution in [3.8, 4) is 11.1 Å². The molecular weight excluding hydrogens is 518 g/mol. The standard InChI is InChI=1S/C37H21N3O2/c1-37(2)22-12-6-3-9-18(22)28-23(37)15-21-29-24(16-38-35-30(29)19-10-4-7-13-26(19)41-35)40-25-17-39-36-31(32(25)33(28)34(21)40)20-11-5-8-14-27(20)42-36/h3-17H,1-2H3. The van der Waals surface area contributed by atoms with Gasteiger partial charge in [-0.05, 0) is 40.5 Å². The van der Waals surface area contributed by atoms with E-state index in [1.807, 2.05) is 36.7 Å². The lowest BCUT2D eigenvalue weighted by Gasteiger charge is -2.21. The van der Waals surface area contributed by atoms with E-state index >= 15 is 0 Å². The van der Waals surface area contributed by atoms with Crippen molar-refractivity contribution in [3.05, 3.63) is 102 Å². The highest BCUT2D eigenvalue weighted by molar-refractivity contribution is 6.37. The van der Waals surface area contributed by atoms with Crippen LogP contribution < -0.4 is 0 Å². The summed E-state index contributed by atoms with van der Waals surface area (Å²) in [5.74, 6) is 0. The molecule has 1 aliphatic carbocycles. The lowest BCUT2D eigenvalue weighted by molar-refractivity contribution is 0.654. The smallest absolute Gasteiger partial charge is 0.228 e. The van der Waals surface area contributed by atoms with Gasteiger partial charge in [0.15, 0.2) is 0 Å². The van der Waals surface area contributed by atoms with Crippen LogP contribution in [0.4, 0.5) is 0 Å². The molecule has 196 valence electrons. The summed E-state index contributed by atoms with van der Waals surface area (Å²) in [7, 11) is 0. The first-order valence-corrected chi connectivity index (χ1v) is 14.3. The van der Waals surface area contributed by atoms with Gasteiger partial charge in [0.1, 0.15) is 11.2 Å². The fourth-order valence-corrected chi connectivity index (χ4v) is 8.09. The third-order valence-electron chi connectivity index (χ3n) is 9.84. The first-order chi connectivity index (χ1) is 20.6. The van der Waals surface area contributed by atoms with Gasteiger partial charge in [-0.25, -0.2) is 9.97 Å². The zero-order valence-corrected chi connectivity index (χ0v) is 22.8. The Balaban J connectivity index is 1.51. The van der Waals surface area contributed by atoms with E-state index in [4.69, 9.17) is 18.8 Å². The topological polar surface area (TPSA) is 56.5 Å². The number of hydrogen-bond acceptors (Lipinski definition) is 4. The van der Waals surface area contributed by atoms with E-state index in [0.717, 1.165) is 43.7 Å². The zero-order chi connectivity index (χ0) is 27.5. The molecule has 0 saturated heterocycles. The first-order valence-electron chi connectivity index (χ1n) is 14.3. The summed E-state index contributed by atoms with van der Waals surface area (Å²) in [6.45, 7) is 4.70. The van der Waals surface area contributed by atoms with Crippen LogP contribution in [0.2, 0.25) is 0 Å². The van der Waals surface area contributed by atoms with Crippen LogP contribution >= 0.6 is 0 Å². The van der Waals surface area contributed by atoms with Gasteiger partial charge in [-0.1, -0.05) is 74.5 Å². The fourth-order valence-electron chi connectivity index (χ4n) is 8.09. The maximum atomic E-state index is 6.32. The molecule has 0 N–H and O–H groups in total. The summed E-state index contributed by atoms with van der Waals surface area (Å²) in [6, 6.07) is 27.9. The number of hydrogen-bond donors (Lipinski definition) is 0. The van der Waals surface area contributed by atoms with Crippen LogP contribution in [0.1, 0.15) is 25.0 Å². The Hall–Kier alpha value is -5.42. The van der Waals surface area contributed by atoms with Crippen LogP contribution in [0, 0.1) is 0 Å². The van der Waals surface area contributed by atoms with Crippen molar-refractivity contribution in [1.29, 1.82) is 0 Å². The minimum atomic E-state index is -0.164. The largest absolute Gasteiger partial charge is 0.438 e. The molecule has 42 heavy (non-hydrogen) atoms. The number of fused-ring (bicyclic) bond motifs is 18. The Labute approximate surface area is 237 Å². The minimum Gasteiger partial charge on any atom is -0.438 e. The van der Waals surface area contributed by atoms with Crippen LogP contribution in [0.15, 0.2) is 100 Å². The lowest BCUT2D eigenvalue weighted by atomic mass is 9.81. The van der Waals surface area contributed by atoms with Gasteiger partial charge in [0, 0.05) is 37.7 Å². The third kappa shape index (κ3) is 2.19. The highest BCUT2D eigenvalue weighted by Crippen LogP contribution is 2.57. The Bertz CT molecular complexity index is 2830. The molecule has 0 saturated carbocycles. The number of benzene rings is 4. The van der Waals surface area contributed by atoms with Gasteiger partial charge in [-0.2, -0.15) is 0 Å². The summed E-state index contributed by atoms with van der Waals surface area (Å²) in [5, 5.41) is 9.15. The van der Waals surface area contributed by atoms with Crippen LogP contribution in [0.25, 0.3) is 93.4 Å². The number of para-hydroxylation sites is 2. The number of rotatable bonds is 0. The van der Waals surface area contributed by atoms with Gasteiger partial charge in [0.25, 0.3) is 0 Å². The summed E-state index contributed by atoms with van der Waals surface area (Å²) >= 11 is 0. The predicted octanol–water partition coefficient (Wildman–Crippen LogP) is 9.73. The van der Waals surface area contributed by atoms with Gasteiger partial charge in [-0.3, -0.25) is 0 Å². The molecule has 4 aromatic carbocycles. The molecule has 6 aromatic heterocycles. The number of nitrogens with zero attached hydrogens (tertiary/aromatic N) is 3. The molecule has 6 heterocycles. The maximum Gasteiger partial charge on any atom is 0.228 e. The van der Waals surface area contributed by atoms with E-state index in [-0.39, 0.29) is 5.41 Å². The second-order valence-electron chi connectivity index (χ2n) is 12.2. The van der Waals surface area contributed by atoms with Crippen molar-refractivity contribution in [3.63, 3.8) is 0 Å². The van der Waals surface area contributed by atoms with Crippen molar-refractivity contribution in [2.75, 3.05) is 0 Å². The van der Waals surface area contributed by atoms with Gasteiger partial charge in [0.05, 0.1) is 39.7 Å². The highest BCUT2D eigenvalue weighted by Gasteiger charge is 2.39. The van der Waals surface area contributed by atoms with Gasteiger partial charge in [-0.15, -0.1) is 0 Å². The summed E-state index contributed by atoms with van der Waals surface area (Å²) < 4.78 is 15.0. The quantitative estimate of drug-likeness (QED) is 0.192. The van der Waals surface area contributed by atoms with Gasteiger partial charge in [0.2, 0.25) is 11.4 Å². The Morgan fingerprint density at radius 2 is 1.19 bits per heavy atom. The monoisotopic (exact) mass is 539 g/mol. The molecule has 5 nitrogen and oxygen atoms in total. The van der Waals surface area contributed by atoms with Gasteiger partial charge < -0.3 is 13.2 Å². The third-order valence-corrected chi connectivity index (χ3v) is 9.84. The molecular formula is C37H21N3O2. The number of furan rings is 2. The van der Waals surface area contributed by atoms with Crippen molar-refractivity contribution < 1.29 is 8.83 Å². The van der Waals surface area contributed by atoms with Crippen LogP contribution in [0.5, 0.6) is 0 Å². The minimum absolute atomic E-state index is 0.164. The highest BCUT2D eigenvalue weighted by atomic mass is 16.3. The van der Waals surface area contributed by atoms with E-state index < -0.39 is 0 Å². The molecule has 0 aliphatic heterocycles. The van der Waals surface area contributed by atoms with Crippen molar-refractivity contribution in [1.82, 2.24) is 14.4 Å². The van der Waals surface area contributed by atoms with Crippen LogP contribution in [0.3, 0.4) is 0 Å². The number of aromatic nitrogens is 3. The van der Waals surface area contributed by atoms with Crippen LogP contribution in [-0.2, 0) is 5.41 Å². The first kappa shape index (κ1) is 21.3. The van der Waals surface area contributed by atoms with Crippen molar-refractivity contribution in [2.24, 2.45) is 0 Å². The average Bonchev–Trinajstić information content (AvgIpc) is 3.79. The lowest BCUT2D eigenvalue weighted by Crippen LogP contribution is -2.14. The summed E-state index contributed by atoms with van der Waals surface area (Å²) in [6.07, 6.45) is 3.95. The zero-order valence-electron chi connectivity index (χ0n) is 22.8. The predicted molar refractivity (Wildman–Crippen MR) is 169 cm³/mol. The molecule has 0 spiro atoms. The fraction of sp³-hybridized carbons (Fsp3) is 0.0811. The van der Waals surface area contributed by atoms with E-state index in [9.17, 15) is 0 Å². The molecule has 1 aliphatic rings. The van der Waals surface area contributed by atoms with E-state index in [0.29, 0.717) is 11.4 Å². The number of pyridine rings is 2. The second-order valence-corrected chi connectivity index (χ2v) is 12.2. The Morgan fingerprint density at radius 3 is 1.90 bits per heavy atom. The van der Waals surface area contributed by atoms with E-state index in [1.54, 1.807) is 0 Å². The molecule has 5 heteroatoms. The molecule has 11 rings (SSSR count). The molecule has 0 amide bonds. The summed E-state index contributed by atoms with van der Waals surface area (Å²) in [4.78, 5) is 9.75. The van der Waals surface area contributed by atoms with Crippen LogP contribution in [-0.4, -0.2) is 14.4 Å². The Kier molecular flexibility index (Phi) is 3.41. The maximum absolute atomic E-state index is 6.32. The van der Waals surface area contributed by atoms with Crippen molar-refractivity contribution >= 4 is 82.2 Å². The van der Waals surface area contributed by atoms with E-state index in [1.165, 1.54) is 49.3 Å². The summed E-state index contributed by atoms with van der Waals surface area (Å²) in [5.41, 5.74) is 11.5. The average molecular weight is 540 g/mol. The molecule has 0 fully saturated rings. The van der Waals surface area contributed by atoms with E-state index in [2.05, 4.69) is 72.8 Å². The second kappa shape index (κ2) is 6.72. The Morgan fingerprint density at radius 1 is 0.595 bits per heavy atom.